The van der Waals surface area contributed by atoms with Crippen molar-refractivity contribution in [2.45, 2.75) is 0 Å². The predicted molar refractivity (Wildman–Crippen MR) is 229 cm³/mol. The van der Waals surface area contributed by atoms with Gasteiger partial charge in [0.2, 0.25) is 0 Å². The van der Waals surface area contributed by atoms with Gasteiger partial charge in [0.05, 0.1) is 11.0 Å². The number of rotatable bonds is 7. The van der Waals surface area contributed by atoms with E-state index in [4.69, 9.17) is 0 Å². The molecule has 0 fully saturated rings. The second-order valence-corrected chi connectivity index (χ2v) is 13.8. The van der Waals surface area contributed by atoms with Crippen LogP contribution in [0.2, 0.25) is 0 Å². The molecule has 0 spiro atoms. The summed E-state index contributed by atoms with van der Waals surface area (Å²) in [5.74, 6) is 0. The molecule has 0 aliphatic carbocycles. The van der Waals surface area contributed by atoms with E-state index < -0.39 is 0 Å². The summed E-state index contributed by atoms with van der Waals surface area (Å²) in [4.78, 5) is 2.36. The normalized spacial score (nSPS) is 11.3. The molecule has 0 saturated carbocycles. The van der Waals surface area contributed by atoms with Crippen LogP contribution in [0.5, 0.6) is 0 Å². The molecule has 1 heterocycles. The summed E-state index contributed by atoms with van der Waals surface area (Å²) in [6.45, 7) is 0. The Morgan fingerprint density at radius 2 is 0.815 bits per heavy atom. The van der Waals surface area contributed by atoms with Gasteiger partial charge >= 0.3 is 0 Å². The molecule has 0 radical (unpaired) electrons. The molecule has 2 heteroatoms. The van der Waals surface area contributed by atoms with Gasteiger partial charge in [-0.3, -0.25) is 0 Å². The minimum Gasteiger partial charge on any atom is -0.310 e. The van der Waals surface area contributed by atoms with Gasteiger partial charge in [-0.25, -0.2) is 0 Å². The Bertz CT molecular complexity index is 2810. The molecule has 0 aliphatic rings. The molecular weight excluding hydrogens is 653 g/mol. The van der Waals surface area contributed by atoms with E-state index in [0.717, 1.165) is 28.3 Å². The summed E-state index contributed by atoms with van der Waals surface area (Å²) in [5, 5.41) is 5.07. The summed E-state index contributed by atoms with van der Waals surface area (Å²) >= 11 is 0. The highest BCUT2D eigenvalue weighted by atomic mass is 15.1. The van der Waals surface area contributed by atoms with Crippen LogP contribution in [0.25, 0.3) is 71.6 Å². The standard InChI is InChI=1S/C52H36N2/c1-4-13-37(14-5-1)39-23-29-45(30-24-39)53(46-31-25-40(26-32-46)38-15-6-2-7-16-38)47-21-12-18-42(35-47)43-27-33-49-51(36-43)54(44-19-8-3-9-20-44)50-34-28-41-17-10-11-22-48(41)52(49)50/h1-36H. The molecule has 1 aromatic heterocycles. The smallest absolute Gasteiger partial charge is 0.0547 e. The zero-order chi connectivity index (χ0) is 35.8. The number of fused-ring (bicyclic) bond motifs is 5. The molecule has 9 aromatic carbocycles. The third-order valence-electron chi connectivity index (χ3n) is 10.6. The summed E-state index contributed by atoms with van der Waals surface area (Å²) in [7, 11) is 0. The van der Waals surface area contributed by atoms with Crippen molar-refractivity contribution in [3.63, 3.8) is 0 Å². The van der Waals surface area contributed by atoms with E-state index in [2.05, 4.69) is 228 Å². The number of aromatic nitrogens is 1. The molecule has 0 amide bonds. The fraction of sp³-hybridized carbons (Fsp3) is 0. The number of hydrogen-bond acceptors (Lipinski definition) is 1. The Labute approximate surface area is 315 Å². The van der Waals surface area contributed by atoms with Gasteiger partial charge in [-0.05, 0) is 105 Å². The van der Waals surface area contributed by atoms with E-state index in [1.165, 1.54) is 60.4 Å². The molecule has 10 aromatic rings. The highest BCUT2D eigenvalue weighted by Crippen LogP contribution is 2.41. The lowest BCUT2D eigenvalue weighted by molar-refractivity contribution is 1.18. The van der Waals surface area contributed by atoms with Crippen molar-refractivity contribution in [1.29, 1.82) is 0 Å². The first-order valence-electron chi connectivity index (χ1n) is 18.5. The molecule has 10 rings (SSSR count). The Kier molecular flexibility index (Phi) is 7.85. The average molecular weight is 689 g/mol. The predicted octanol–water partition coefficient (Wildman–Crippen LogP) is 14.4. The second kappa shape index (κ2) is 13.4. The Hall–Kier alpha value is -7.16. The van der Waals surface area contributed by atoms with Crippen LogP contribution in [0.15, 0.2) is 218 Å². The van der Waals surface area contributed by atoms with E-state index in [1.807, 2.05) is 0 Å². The highest BCUT2D eigenvalue weighted by molar-refractivity contribution is 6.21. The summed E-state index contributed by atoms with van der Waals surface area (Å²) in [5.41, 5.74) is 14.0. The molecule has 254 valence electrons. The van der Waals surface area contributed by atoms with Crippen molar-refractivity contribution in [2.24, 2.45) is 0 Å². The minimum absolute atomic E-state index is 1.10. The third-order valence-corrected chi connectivity index (χ3v) is 10.6. The van der Waals surface area contributed by atoms with Gasteiger partial charge in [0, 0.05) is 33.5 Å². The van der Waals surface area contributed by atoms with E-state index in [-0.39, 0.29) is 0 Å². The topological polar surface area (TPSA) is 8.17 Å². The molecule has 0 bridgehead atoms. The maximum Gasteiger partial charge on any atom is 0.0547 e. The lowest BCUT2D eigenvalue weighted by Gasteiger charge is -2.26. The summed E-state index contributed by atoms with van der Waals surface area (Å²) in [6, 6.07) is 78.8. The minimum atomic E-state index is 1.10. The molecule has 54 heavy (non-hydrogen) atoms. The van der Waals surface area contributed by atoms with Crippen LogP contribution < -0.4 is 4.90 Å². The van der Waals surface area contributed by atoms with Gasteiger partial charge in [0.1, 0.15) is 0 Å². The van der Waals surface area contributed by atoms with Crippen LogP contribution >= 0.6 is 0 Å². The molecule has 0 saturated heterocycles. The monoisotopic (exact) mass is 688 g/mol. The third kappa shape index (κ3) is 5.62. The molecule has 0 atom stereocenters. The fourth-order valence-corrected chi connectivity index (χ4v) is 7.96. The van der Waals surface area contributed by atoms with Crippen molar-refractivity contribution in [1.82, 2.24) is 4.57 Å². The average Bonchev–Trinajstić information content (AvgIpc) is 3.59. The van der Waals surface area contributed by atoms with Gasteiger partial charge in [0.15, 0.2) is 0 Å². The van der Waals surface area contributed by atoms with Crippen LogP contribution in [-0.2, 0) is 0 Å². The first-order chi connectivity index (χ1) is 26.8. The van der Waals surface area contributed by atoms with Gasteiger partial charge in [0.25, 0.3) is 0 Å². The summed E-state index contributed by atoms with van der Waals surface area (Å²) in [6.07, 6.45) is 0. The Morgan fingerprint density at radius 1 is 0.296 bits per heavy atom. The largest absolute Gasteiger partial charge is 0.310 e. The lowest BCUT2D eigenvalue weighted by Crippen LogP contribution is -2.10. The maximum atomic E-state index is 2.42. The number of hydrogen-bond donors (Lipinski definition) is 0. The van der Waals surface area contributed by atoms with Crippen LogP contribution in [0.4, 0.5) is 17.1 Å². The summed E-state index contributed by atoms with van der Waals surface area (Å²) < 4.78 is 2.42. The van der Waals surface area contributed by atoms with Gasteiger partial charge < -0.3 is 9.47 Å². The van der Waals surface area contributed by atoms with Crippen molar-refractivity contribution in [2.75, 3.05) is 4.90 Å². The Morgan fingerprint density at radius 3 is 1.46 bits per heavy atom. The van der Waals surface area contributed by atoms with Crippen LogP contribution in [0.1, 0.15) is 0 Å². The second-order valence-electron chi connectivity index (χ2n) is 13.8. The van der Waals surface area contributed by atoms with Gasteiger partial charge in [-0.1, -0.05) is 158 Å². The van der Waals surface area contributed by atoms with Gasteiger partial charge in [-0.2, -0.15) is 0 Å². The number of para-hydroxylation sites is 1. The number of anilines is 3. The van der Waals surface area contributed by atoms with E-state index in [0.29, 0.717) is 0 Å². The first-order valence-corrected chi connectivity index (χ1v) is 18.5. The maximum absolute atomic E-state index is 2.42. The highest BCUT2D eigenvalue weighted by Gasteiger charge is 2.18. The van der Waals surface area contributed by atoms with E-state index >= 15 is 0 Å². The van der Waals surface area contributed by atoms with E-state index in [1.54, 1.807) is 0 Å². The van der Waals surface area contributed by atoms with Crippen LogP contribution in [-0.4, -0.2) is 4.57 Å². The lowest BCUT2D eigenvalue weighted by atomic mass is 10.00. The quantitative estimate of drug-likeness (QED) is 0.162. The van der Waals surface area contributed by atoms with Crippen molar-refractivity contribution < 1.29 is 0 Å². The van der Waals surface area contributed by atoms with Crippen LogP contribution in [0, 0.1) is 0 Å². The molecule has 0 unspecified atom stereocenters. The number of benzene rings is 9. The SMILES string of the molecule is c1ccc(-c2ccc(N(c3ccc(-c4ccccc4)cc3)c3cccc(-c4ccc5c6c7ccccc7ccc6n(-c6ccccc6)c5c4)c3)cc2)cc1. The molecule has 0 aliphatic heterocycles. The van der Waals surface area contributed by atoms with Gasteiger partial charge in [-0.15, -0.1) is 0 Å². The number of nitrogens with zero attached hydrogens (tertiary/aromatic N) is 2. The zero-order valence-electron chi connectivity index (χ0n) is 29.7. The van der Waals surface area contributed by atoms with Crippen molar-refractivity contribution >= 4 is 49.6 Å². The molecule has 2 nitrogen and oxygen atoms in total. The molecular formula is C52H36N2. The van der Waals surface area contributed by atoms with Crippen LogP contribution in [0.3, 0.4) is 0 Å². The fourth-order valence-electron chi connectivity index (χ4n) is 7.96. The first kappa shape index (κ1) is 31.6. The van der Waals surface area contributed by atoms with Crippen molar-refractivity contribution in [3.05, 3.63) is 218 Å². The Balaban J connectivity index is 1.11. The molecule has 0 N–H and O–H groups in total. The zero-order valence-corrected chi connectivity index (χ0v) is 29.7. The van der Waals surface area contributed by atoms with E-state index in [9.17, 15) is 0 Å². The van der Waals surface area contributed by atoms with Crippen molar-refractivity contribution in [3.8, 4) is 39.1 Å².